The minimum absolute atomic E-state index is 0.00760. The molecule has 0 amide bonds. The van der Waals surface area contributed by atoms with E-state index in [1.807, 2.05) is 34.9 Å². The summed E-state index contributed by atoms with van der Waals surface area (Å²) < 4.78 is 8.30. The van der Waals surface area contributed by atoms with Crippen molar-refractivity contribution in [2.75, 3.05) is 0 Å². The molecule has 0 spiro atoms. The van der Waals surface area contributed by atoms with Crippen LogP contribution in [0.4, 0.5) is 5.69 Å². The molecule has 0 bridgehead atoms. The van der Waals surface area contributed by atoms with Crippen LogP contribution < -0.4 is 4.74 Å². The molecule has 1 aliphatic rings. The number of carbonyl (C=O) groups is 1. The number of aryl methyl sites for hydroxylation is 1. The van der Waals surface area contributed by atoms with Gasteiger partial charge in [0.05, 0.1) is 22.6 Å². The maximum absolute atomic E-state index is 12.4. The number of hydrogen-bond donors (Lipinski definition) is 0. The molecule has 2 aromatic carbocycles. The van der Waals surface area contributed by atoms with Gasteiger partial charge in [0.15, 0.2) is 5.75 Å². The van der Waals surface area contributed by atoms with Crippen molar-refractivity contribution >= 4 is 27.6 Å². The fraction of sp³-hybridized carbons (Fsp3) is 0.150. The third-order valence-corrected chi connectivity index (χ3v) is 5.35. The van der Waals surface area contributed by atoms with Crippen LogP contribution in [-0.2, 0) is 24.2 Å². The third kappa shape index (κ3) is 3.26. The summed E-state index contributed by atoms with van der Waals surface area (Å²) in [7, 11) is 0. The average molecular weight is 427 g/mol. The number of fused-ring (bicyclic) bond motifs is 3. The predicted octanol–water partition coefficient (Wildman–Crippen LogP) is 4.53. The lowest BCUT2D eigenvalue weighted by Crippen LogP contribution is -2.15. The Morgan fingerprint density at radius 3 is 2.70 bits per heavy atom. The van der Waals surface area contributed by atoms with E-state index in [0.29, 0.717) is 30.0 Å². The molecule has 2 heterocycles. The number of nitro groups is 1. The lowest BCUT2D eigenvalue weighted by molar-refractivity contribution is -0.384. The van der Waals surface area contributed by atoms with Gasteiger partial charge < -0.3 is 9.30 Å². The first-order chi connectivity index (χ1) is 13.0. The van der Waals surface area contributed by atoms with E-state index in [-0.39, 0.29) is 12.1 Å². The van der Waals surface area contributed by atoms with Crippen LogP contribution >= 0.6 is 15.9 Å². The first-order valence-electron chi connectivity index (χ1n) is 8.44. The van der Waals surface area contributed by atoms with E-state index in [9.17, 15) is 14.9 Å². The van der Waals surface area contributed by atoms with Crippen LogP contribution in [-0.4, -0.2) is 15.5 Å². The number of rotatable bonds is 4. The van der Waals surface area contributed by atoms with E-state index in [0.717, 1.165) is 15.6 Å². The maximum Gasteiger partial charge on any atom is 0.315 e. The minimum Gasteiger partial charge on any atom is -0.424 e. The summed E-state index contributed by atoms with van der Waals surface area (Å²) in [4.78, 5) is 23.6. The Balaban J connectivity index is 1.72. The molecule has 0 saturated heterocycles. The van der Waals surface area contributed by atoms with Crippen LogP contribution in [0.5, 0.6) is 5.75 Å². The number of halogens is 1. The monoisotopic (exact) mass is 426 g/mol. The van der Waals surface area contributed by atoms with Gasteiger partial charge in [-0.1, -0.05) is 46.3 Å². The number of nitro benzene ring substituents is 1. The molecule has 136 valence electrons. The van der Waals surface area contributed by atoms with Crippen LogP contribution in [0.25, 0.3) is 11.3 Å². The molecule has 0 atom stereocenters. The van der Waals surface area contributed by atoms with Gasteiger partial charge in [-0.25, -0.2) is 0 Å². The maximum atomic E-state index is 12.4. The summed E-state index contributed by atoms with van der Waals surface area (Å²) in [5.74, 6) is -0.0574. The molecule has 6 nitrogen and oxygen atoms in total. The first kappa shape index (κ1) is 17.5. The van der Waals surface area contributed by atoms with Crippen molar-refractivity contribution in [2.24, 2.45) is 0 Å². The van der Waals surface area contributed by atoms with Crippen molar-refractivity contribution in [1.82, 2.24) is 4.57 Å². The second-order valence-electron chi connectivity index (χ2n) is 6.29. The quantitative estimate of drug-likeness (QED) is 0.348. The Morgan fingerprint density at radius 2 is 1.96 bits per heavy atom. The van der Waals surface area contributed by atoms with Crippen LogP contribution in [0.3, 0.4) is 0 Å². The molecule has 27 heavy (non-hydrogen) atoms. The number of esters is 1. The number of benzene rings is 2. The Hall–Kier alpha value is -2.93. The topological polar surface area (TPSA) is 74.4 Å². The van der Waals surface area contributed by atoms with Gasteiger partial charge in [-0.05, 0) is 29.7 Å². The van der Waals surface area contributed by atoms with Gasteiger partial charge in [0.1, 0.15) is 0 Å². The number of ether oxygens (including phenoxy) is 1. The number of carbonyl (C=O) groups excluding carboxylic acids is 1. The van der Waals surface area contributed by atoms with Gasteiger partial charge >= 0.3 is 5.97 Å². The van der Waals surface area contributed by atoms with Crippen molar-refractivity contribution in [3.8, 4) is 17.0 Å². The van der Waals surface area contributed by atoms with E-state index in [2.05, 4.69) is 15.9 Å². The molecule has 0 fully saturated rings. The smallest absolute Gasteiger partial charge is 0.315 e. The van der Waals surface area contributed by atoms with Crippen LogP contribution in [0.1, 0.15) is 11.1 Å². The van der Waals surface area contributed by atoms with Gasteiger partial charge in [0.2, 0.25) is 0 Å². The molecule has 4 rings (SSSR count). The molecular weight excluding hydrogens is 412 g/mol. The lowest BCUT2D eigenvalue weighted by atomic mass is 9.96. The zero-order chi connectivity index (χ0) is 19.0. The van der Waals surface area contributed by atoms with E-state index in [1.165, 1.54) is 6.07 Å². The van der Waals surface area contributed by atoms with E-state index in [4.69, 9.17) is 4.74 Å². The Bertz CT molecular complexity index is 1040. The second kappa shape index (κ2) is 7.00. The highest BCUT2D eigenvalue weighted by atomic mass is 79.9. The standard InChI is InChI=1S/C20H15BrN2O4/c21-15-6-7-16(23(25)26)19-14(15)8-10-22-11-9-17(20(19)22)27-18(24)12-13-4-2-1-3-5-13/h1-7,9,11H,8,10,12H2. The largest absolute Gasteiger partial charge is 0.424 e. The normalized spacial score (nSPS) is 12.2. The first-order valence-corrected chi connectivity index (χ1v) is 9.24. The number of nitrogens with zero attached hydrogens (tertiary/aromatic N) is 2. The summed E-state index contributed by atoms with van der Waals surface area (Å²) in [6.07, 6.45) is 2.60. The van der Waals surface area contributed by atoms with Crippen molar-refractivity contribution < 1.29 is 14.5 Å². The Kier molecular flexibility index (Phi) is 4.53. The predicted molar refractivity (Wildman–Crippen MR) is 104 cm³/mol. The van der Waals surface area contributed by atoms with Crippen LogP contribution in [0.2, 0.25) is 0 Å². The van der Waals surface area contributed by atoms with Gasteiger partial charge in [-0.3, -0.25) is 14.9 Å². The lowest BCUT2D eigenvalue weighted by Gasteiger charge is -2.21. The minimum atomic E-state index is -0.403. The highest BCUT2D eigenvalue weighted by Gasteiger charge is 2.30. The van der Waals surface area contributed by atoms with Gasteiger partial charge in [0, 0.05) is 23.3 Å². The third-order valence-electron chi connectivity index (χ3n) is 4.61. The zero-order valence-corrected chi connectivity index (χ0v) is 15.8. The van der Waals surface area contributed by atoms with Crippen molar-refractivity contribution in [3.05, 3.63) is 80.4 Å². The Labute approximate surface area is 163 Å². The van der Waals surface area contributed by atoms with Crippen molar-refractivity contribution in [3.63, 3.8) is 0 Å². The van der Waals surface area contributed by atoms with Crippen molar-refractivity contribution in [2.45, 2.75) is 19.4 Å². The fourth-order valence-corrected chi connectivity index (χ4v) is 3.94. The highest BCUT2D eigenvalue weighted by molar-refractivity contribution is 9.10. The van der Waals surface area contributed by atoms with Gasteiger partial charge in [-0.15, -0.1) is 0 Å². The highest BCUT2D eigenvalue weighted by Crippen LogP contribution is 2.45. The van der Waals surface area contributed by atoms with E-state index in [1.54, 1.807) is 18.3 Å². The summed E-state index contributed by atoms with van der Waals surface area (Å²) in [5, 5.41) is 11.6. The summed E-state index contributed by atoms with van der Waals surface area (Å²) in [6, 6.07) is 14.2. The fourth-order valence-electron chi connectivity index (χ4n) is 3.41. The average Bonchev–Trinajstić information content (AvgIpc) is 3.05. The second-order valence-corrected chi connectivity index (χ2v) is 7.14. The number of aromatic nitrogens is 1. The summed E-state index contributed by atoms with van der Waals surface area (Å²) >= 11 is 3.49. The molecule has 0 N–H and O–H groups in total. The molecule has 3 aromatic rings. The molecule has 0 unspecified atom stereocenters. The van der Waals surface area contributed by atoms with E-state index < -0.39 is 10.9 Å². The molecule has 0 radical (unpaired) electrons. The van der Waals surface area contributed by atoms with Gasteiger partial charge in [0.25, 0.3) is 5.69 Å². The summed E-state index contributed by atoms with van der Waals surface area (Å²) in [5.41, 5.74) is 2.80. The molecule has 0 aliphatic carbocycles. The molecule has 7 heteroatoms. The van der Waals surface area contributed by atoms with Gasteiger partial charge in [-0.2, -0.15) is 0 Å². The van der Waals surface area contributed by atoms with E-state index >= 15 is 0 Å². The molecule has 0 saturated carbocycles. The molecule has 1 aromatic heterocycles. The Morgan fingerprint density at radius 1 is 1.19 bits per heavy atom. The summed E-state index contributed by atoms with van der Waals surface area (Å²) in [6.45, 7) is 0.665. The number of hydrogen-bond acceptors (Lipinski definition) is 4. The van der Waals surface area contributed by atoms with Crippen molar-refractivity contribution in [1.29, 1.82) is 0 Å². The molecule has 1 aliphatic heterocycles. The molecular formula is C20H15BrN2O4. The zero-order valence-electron chi connectivity index (χ0n) is 14.2. The van der Waals surface area contributed by atoms with Crippen LogP contribution in [0.15, 0.2) is 59.2 Å². The SMILES string of the molecule is O=C(Cc1ccccc1)Oc1ccn2c1-c1c([N+](=O)[O-])ccc(Br)c1CC2. The van der Waals surface area contributed by atoms with Crippen LogP contribution in [0, 0.1) is 10.1 Å².